The number of halogens is 1. The van der Waals surface area contributed by atoms with Gasteiger partial charge in [-0.25, -0.2) is 9.37 Å². The molecule has 5 aromatic rings. The molecule has 0 aliphatic heterocycles. The molecule has 0 saturated heterocycles. The number of pyridine rings is 1. The first-order valence-electron chi connectivity index (χ1n) is 10.4. The third-order valence-corrected chi connectivity index (χ3v) is 5.56. The lowest BCUT2D eigenvalue weighted by atomic mass is 9.97. The van der Waals surface area contributed by atoms with E-state index in [2.05, 4.69) is 20.1 Å². The van der Waals surface area contributed by atoms with Crippen LogP contribution in [0.1, 0.15) is 0 Å². The lowest BCUT2D eigenvalue weighted by molar-refractivity contribution is -0.129. The summed E-state index contributed by atoms with van der Waals surface area (Å²) in [6.07, 6.45) is 10.3. The third kappa shape index (κ3) is 3.98. The zero-order chi connectivity index (χ0) is 22.9. The van der Waals surface area contributed by atoms with Crippen LogP contribution in [0.4, 0.5) is 4.39 Å². The molecule has 0 bridgehead atoms. The summed E-state index contributed by atoms with van der Waals surface area (Å²) in [5.41, 5.74) is 4.18. The molecule has 7 nitrogen and oxygen atoms in total. The second-order valence-electron chi connectivity index (χ2n) is 7.97. The van der Waals surface area contributed by atoms with Crippen LogP contribution in [0.2, 0.25) is 0 Å². The average molecular weight is 440 g/mol. The highest BCUT2D eigenvalue weighted by atomic mass is 19.1. The molecule has 33 heavy (non-hydrogen) atoms. The molecular weight excluding hydrogens is 419 g/mol. The van der Waals surface area contributed by atoms with Crippen molar-refractivity contribution in [3.05, 3.63) is 79.4 Å². The average Bonchev–Trinajstić information content (AvgIpc) is 3.51. The topological polar surface area (TPSA) is 79.7 Å². The minimum atomic E-state index is -0.350. The number of amides is 1. The first-order chi connectivity index (χ1) is 16.0. The lowest BCUT2D eigenvalue weighted by Crippen LogP contribution is -2.26. The number of benzene rings is 2. The number of likely N-dealkylation sites (N-methyl/N-ethyl adjacent to an activating group) is 1. The molecule has 0 atom stereocenters. The lowest BCUT2D eigenvalue weighted by Gasteiger charge is -2.10. The summed E-state index contributed by atoms with van der Waals surface area (Å²) < 4.78 is 16.3. The van der Waals surface area contributed by atoms with Crippen molar-refractivity contribution in [3.63, 3.8) is 0 Å². The Bertz CT molecular complexity index is 1440. The highest BCUT2D eigenvalue weighted by Crippen LogP contribution is 2.33. The maximum atomic E-state index is 14.7. The van der Waals surface area contributed by atoms with Gasteiger partial charge in [-0.3, -0.25) is 14.5 Å². The Morgan fingerprint density at radius 2 is 1.82 bits per heavy atom. The van der Waals surface area contributed by atoms with E-state index in [1.807, 2.05) is 30.5 Å². The van der Waals surface area contributed by atoms with Crippen LogP contribution in [0, 0.1) is 5.82 Å². The van der Waals surface area contributed by atoms with Gasteiger partial charge in [0.15, 0.2) is 0 Å². The summed E-state index contributed by atoms with van der Waals surface area (Å²) in [6.45, 7) is 0.196. The predicted octanol–water partition coefficient (Wildman–Crippen LogP) is 4.38. The minimum Gasteiger partial charge on any atom is -0.347 e. The van der Waals surface area contributed by atoms with Crippen LogP contribution in [0.5, 0.6) is 0 Å². The van der Waals surface area contributed by atoms with E-state index in [0.717, 1.165) is 33.0 Å². The van der Waals surface area contributed by atoms with E-state index in [9.17, 15) is 9.18 Å². The van der Waals surface area contributed by atoms with Crippen molar-refractivity contribution >= 4 is 16.7 Å². The Labute approximate surface area is 189 Å². The van der Waals surface area contributed by atoms with Gasteiger partial charge in [0.25, 0.3) is 0 Å². The van der Waals surface area contributed by atoms with Gasteiger partial charge in [0.2, 0.25) is 5.91 Å². The van der Waals surface area contributed by atoms with Crippen molar-refractivity contribution in [2.45, 2.75) is 6.54 Å². The van der Waals surface area contributed by atoms with Gasteiger partial charge >= 0.3 is 0 Å². The molecule has 3 aromatic heterocycles. The molecule has 0 aliphatic carbocycles. The smallest absolute Gasteiger partial charge is 0.243 e. The van der Waals surface area contributed by atoms with Gasteiger partial charge in [0.1, 0.15) is 18.2 Å². The van der Waals surface area contributed by atoms with Gasteiger partial charge in [0, 0.05) is 61.6 Å². The number of hydrogen-bond acceptors (Lipinski definition) is 4. The molecule has 1 N–H and O–H groups in total. The van der Waals surface area contributed by atoms with E-state index >= 15 is 0 Å². The summed E-state index contributed by atoms with van der Waals surface area (Å²) in [7, 11) is 3.44. The molecule has 164 valence electrons. The van der Waals surface area contributed by atoms with E-state index in [0.29, 0.717) is 11.4 Å². The van der Waals surface area contributed by atoms with Crippen molar-refractivity contribution in [2.24, 2.45) is 0 Å². The van der Waals surface area contributed by atoms with Crippen LogP contribution in [0.15, 0.2) is 73.6 Å². The Hall–Kier alpha value is -4.33. The Balaban J connectivity index is 1.48. The quantitative estimate of drug-likeness (QED) is 0.440. The number of fused-ring (bicyclic) bond motifs is 1. The summed E-state index contributed by atoms with van der Waals surface area (Å²) >= 11 is 0. The molecule has 0 radical (unpaired) electrons. The van der Waals surface area contributed by atoms with Crippen LogP contribution >= 0.6 is 0 Å². The molecule has 5 rings (SSSR count). The fraction of sp³-hybridized carbons (Fsp3) is 0.120. The third-order valence-electron chi connectivity index (χ3n) is 5.56. The van der Waals surface area contributed by atoms with Crippen LogP contribution in [0.3, 0.4) is 0 Å². The zero-order valence-electron chi connectivity index (χ0n) is 18.2. The number of carbonyl (C=O) groups excluding carboxylic acids is 1. The second kappa shape index (κ2) is 8.31. The van der Waals surface area contributed by atoms with Gasteiger partial charge < -0.3 is 9.88 Å². The van der Waals surface area contributed by atoms with Gasteiger partial charge in [-0.15, -0.1) is 0 Å². The fourth-order valence-corrected chi connectivity index (χ4v) is 3.74. The van der Waals surface area contributed by atoms with Gasteiger partial charge in [-0.2, -0.15) is 5.10 Å². The van der Waals surface area contributed by atoms with Gasteiger partial charge in [-0.1, -0.05) is 24.3 Å². The van der Waals surface area contributed by atoms with Crippen molar-refractivity contribution in [1.82, 2.24) is 29.6 Å². The Morgan fingerprint density at radius 3 is 2.55 bits per heavy atom. The Morgan fingerprint density at radius 1 is 1.03 bits per heavy atom. The number of aromatic amines is 1. The molecule has 0 unspecified atom stereocenters. The minimum absolute atomic E-state index is 0.0196. The van der Waals surface area contributed by atoms with E-state index in [4.69, 9.17) is 0 Å². The molecule has 0 saturated carbocycles. The maximum Gasteiger partial charge on any atom is 0.243 e. The number of H-pyrrole nitrogens is 1. The normalized spacial score (nSPS) is 11.1. The van der Waals surface area contributed by atoms with Gasteiger partial charge in [-0.05, 0) is 28.6 Å². The summed E-state index contributed by atoms with van der Waals surface area (Å²) in [4.78, 5) is 24.9. The number of aromatic nitrogens is 5. The monoisotopic (exact) mass is 440 g/mol. The summed E-state index contributed by atoms with van der Waals surface area (Å²) in [5, 5.41) is 5.90. The number of rotatable bonds is 5. The molecular formula is C25H21FN6O. The van der Waals surface area contributed by atoms with E-state index in [1.54, 1.807) is 55.8 Å². The molecule has 0 aliphatic rings. The molecule has 1 amide bonds. The summed E-state index contributed by atoms with van der Waals surface area (Å²) in [6, 6.07) is 11.3. The van der Waals surface area contributed by atoms with Crippen molar-refractivity contribution < 1.29 is 9.18 Å². The van der Waals surface area contributed by atoms with Crippen molar-refractivity contribution in [1.29, 1.82) is 0 Å². The SMILES string of the molecule is CN(C)C(=O)Cn1cc(-c2ccc(-c3cncc4cc(F)c(-c5ncc[nH]5)cc34)cc2)cn1. The van der Waals surface area contributed by atoms with Crippen molar-refractivity contribution in [2.75, 3.05) is 14.1 Å². The molecule has 0 spiro atoms. The molecule has 0 fully saturated rings. The number of hydrogen-bond donors (Lipinski definition) is 1. The molecule has 3 heterocycles. The number of imidazole rings is 1. The van der Waals surface area contributed by atoms with E-state index in [1.165, 1.54) is 11.0 Å². The van der Waals surface area contributed by atoms with Crippen LogP contribution in [0.25, 0.3) is 44.4 Å². The maximum absolute atomic E-state index is 14.7. The van der Waals surface area contributed by atoms with Crippen LogP contribution in [-0.4, -0.2) is 49.6 Å². The largest absolute Gasteiger partial charge is 0.347 e. The first-order valence-corrected chi connectivity index (χ1v) is 10.4. The highest BCUT2D eigenvalue weighted by Gasteiger charge is 2.13. The van der Waals surface area contributed by atoms with E-state index < -0.39 is 0 Å². The number of carbonyl (C=O) groups is 1. The van der Waals surface area contributed by atoms with Crippen molar-refractivity contribution in [3.8, 4) is 33.6 Å². The van der Waals surface area contributed by atoms with Crippen LogP contribution in [-0.2, 0) is 11.3 Å². The second-order valence-corrected chi connectivity index (χ2v) is 7.97. The standard InChI is InChI=1S/C25H21FN6O/c1-31(2)24(33)15-32-14-19(12-30-32)16-3-5-17(6-4-16)22-13-27-11-18-9-23(26)21(10-20(18)22)25-28-7-8-29-25/h3-14H,15H2,1-2H3,(H,28,29). The molecule has 8 heteroatoms. The number of nitrogens with zero attached hydrogens (tertiary/aromatic N) is 5. The number of nitrogens with one attached hydrogen (secondary N) is 1. The predicted molar refractivity (Wildman–Crippen MR) is 125 cm³/mol. The Kier molecular flexibility index (Phi) is 5.18. The highest BCUT2D eigenvalue weighted by molar-refractivity contribution is 5.98. The first kappa shape index (κ1) is 20.6. The fourth-order valence-electron chi connectivity index (χ4n) is 3.74. The van der Waals surface area contributed by atoms with Crippen LogP contribution < -0.4 is 0 Å². The molecule has 2 aromatic carbocycles. The van der Waals surface area contributed by atoms with Gasteiger partial charge in [0.05, 0.1) is 11.8 Å². The zero-order valence-corrected chi connectivity index (χ0v) is 18.2. The summed E-state index contributed by atoms with van der Waals surface area (Å²) in [5.74, 6) is 0.114. The van der Waals surface area contributed by atoms with E-state index in [-0.39, 0.29) is 18.3 Å².